The van der Waals surface area contributed by atoms with Crippen LogP contribution in [0.5, 0.6) is 11.5 Å². The summed E-state index contributed by atoms with van der Waals surface area (Å²) in [6.07, 6.45) is 4.28. The molecule has 1 aromatic rings. The van der Waals surface area contributed by atoms with Crippen molar-refractivity contribution >= 4 is 5.78 Å². The second kappa shape index (κ2) is 5.91. The summed E-state index contributed by atoms with van der Waals surface area (Å²) in [5.41, 5.74) is 2.12. The van der Waals surface area contributed by atoms with Gasteiger partial charge in [0.1, 0.15) is 5.78 Å². The minimum absolute atomic E-state index is 0.0685. The molecule has 1 atom stereocenters. The van der Waals surface area contributed by atoms with Gasteiger partial charge < -0.3 is 9.84 Å². The molecule has 0 amide bonds. The Kier molecular flexibility index (Phi) is 4.25. The Labute approximate surface area is 113 Å². The number of aromatic hydroxyl groups is 1. The number of phenolic OH excluding ortho intramolecular Hbond substituents is 1. The van der Waals surface area contributed by atoms with Crippen LogP contribution in [0.2, 0.25) is 0 Å². The third-order valence-corrected chi connectivity index (χ3v) is 3.78. The number of hydrogen-bond acceptors (Lipinski definition) is 3. The molecular formula is C16H20O3. The van der Waals surface area contributed by atoms with Gasteiger partial charge in [0, 0.05) is 12.3 Å². The number of ketones is 1. The van der Waals surface area contributed by atoms with Gasteiger partial charge in [-0.05, 0) is 43.4 Å². The number of benzene rings is 1. The standard InChI is InChI=1S/C16H20O3/c1-11(13-4-3-5-14(13)17)6-7-12-8-9-15(18)16(10-12)19-2/h8-10,13,18H,1,3-7H2,2H3. The van der Waals surface area contributed by atoms with Crippen LogP contribution in [-0.2, 0) is 11.2 Å². The summed E-state index contributed by atoms with van der Waals surface area (Å²) >= 11 is 0. The van der Waals surface area contributed by atoms with Gasteiger partial charge in [0.25, 0.3) is 0 Å². The molecule has 3 heteroatoms. The molecule has 1 fully saturated rings. The average molecular weight is 260 g/mol. The van der Waals surface area contributed by atoms with Crippen LogP contribution in [0.4, 0.5) is 0 Å². The zero-order valence-electron chi connectivity index (χ0n) is 11.3. The van der Waals surface area contributed by atoms with Gasteiger partial charge in [0.2, 0.25) is 0 Å². The normalized spacial score (nSPS) is 18.6. The number of phenols is 1. The third-order valence-electron chi connectivity index (χ3n) is 3.78. The van der Waals surface area contributed by atoms with Gasteiger partial charge in [0.15, 0.2) is 11.5 Å². The highest BCUT2D eigenvalue weighted by atomic mass is 16.5. The molecule has 102 valence electrons. The summed E-state index contributed by atoms with van der Waals surface area (Å²) in [5.74, 6) is 1.04. The Morgan fingerprint density at radius 3 is 2.95 bits per heavy atom. The smallest absolute Gasteiger partial charge is 0.160 e. The molecule has 1 aliphatic carbocycles. The minimum atomic E-state index is 0.0685. The fourth-order valence-electron chi connectivity index (χ4n) is 2.60. The molecule has 3 nitrogen and oxygen atoms in total. The predicted molar refractivity (Wildman–Crippen MR) is 74.5 cm³/mol. The summed E-state index contributed by atoms with van der Waals surface area (Å²) in [7, 11) is 1.54. The van der Waals surface area contributed by atoms with Crippen molar-refractivity contribution in [1.29, 1.82) is 0 Å². The highest BCUT2D eigenvalue weighted by Gasteiger charge is 2.26. The highest BCUT2D eigenvalue weighted by Crippen LogP contribution is 2.31. The zero-order valence-corrected chi connectivity index (χ0v) is 11.3. The van der Waals surface area contributed by atoms with E-state index >= 15 is 0 Å². The second-order valence-corrected chi connectivity index (χ2v) is 5.08. The van der Waals surface area contributed by atoms with Crippen molar-refractivity contribution in [3.8, 4) is 11.5 Å². The average Bonchev–Trinajstić information content (AvgIpc) is 2.83. The zero-order chi connectivity index (χ0) is 13.8. The van der Waals surface area contributed by atoms with Crippen molar-refractivity contribution in [1.82, 2.24) is 0 Å². The number of allylic oxidation sites excluding steroid dienone is 1. The molecule has 1 saturated carbocycles. The Bertz CT molecular complexity index is 491. The molecule has 0 aliphatic heterocycles. The van der Waals surface area contributed by atoms with Crippen LogP contribution in [0.1, 0.15) is 31.2 Å². The van der Waals surface area contributed by atoms with Gasteiger partial charge in [-0.3, -0.25) is 4.79 Å². The first kappa shape index (κ1) is 13.7. The fourth-order valence-corrected chi connectivity index (χ4v) is 2.60. The van der Waals surface area contributed by atoms with E-state index in [0.717, 1.165) is 36.8 Å². The lowest BCUT2D eigenvalue weighted by Gasteiger charge is -2.12. The van der Waals surface area contributed by atoms with Crippen LogP contribution < -0.4 is 4.74 Å². The number of aryl methyl sites for hydroxylation is 1. The Balaban J connectivity index is 1.95. The number of ether oxygens (including phenoxy) is 1. The van der Waals surface area contributed by atoms with E-state index in [1.54, 1.807) is 6.07 Å². The van der Waals surface area contributed by atoms with Crippen LogP contribution in [0.15, 0.2) is 30.4 Å². The maximum atomic E-state index is 11.7. The molecule has 2 rings (SSSR count). The molecule has 0 saturated heterocycles. The van der Waals surface area contributed by atoms with Crippen molar-refractivity contribution in [2.24, 2.45) is 5.92 Å². The van der Waals surface area contributed by atoms with Crippen LogP contribution >= 0.6 is 0 Å². The minimum Gasteiger partial charge on any atom is -0.504 e. The summed E-state index contributed by atoms with van der Waals surface area (Å²) < 4.78 is 5.08. The van der Waals surface area contributed by atoms with Crippen LogP contribution in [-0.4, -0.2) is 18.0 Å². The second-order valence-electron chi connectivity index (χ2n) is 5.08. The van der Waals surface area contributed by atoms with Crippen molar-refractivity contribution in [3.05, 3.63) is 35.9 Å². The monoisotopic (exact) mass is 260 g/mol. The lowest BCUT2D eigenvalue weighted by Crippen LogP contribution is -2.09. The van der Waals surface area contributed by atoms with Crippen molar-refractivity contribution in [3.63, 3.8) is 0 Å². The Morgan fingerprint density at radius 1 is 1.53 bits per heavy atom. The topological polar surface area (TPSA) is 46.5 Å². The van der Waals surface area contributed by atoms with Crippen LogP contribution in [0.3, 0.4) is 0 Å². The quantitative estimate of drug-likeness (QED) is 0.827. The number of rotatable bonds is 5. The lowest BCUT2D eigenvalue weighted by atomic mass is 9.93. The first-order valence-electron chi connectivity index (χ1n) is 6.68. The summed E-state index contributed by atoms with van der Waals surface area (Å²) in [5, 5.41) is 9.53. The molecule has 0 spiro atoms. The summed E-state index contributed by atoms with van der Waals surface area (Å²) in [4.78, 5) is 11.7. The molecule has 1 unspecified atom stereocenters. The molecule has 19 heavy (non-hydrogen) atoms. The Morgan fingerprint density at radius 2 is 2.32 bits per heavy atom. The molecule has 0 radical (unpaired) electrons. The number of hydrogen-bond donors (Lipinski definition) is 1. The van der Waals surface area contributed by atoms with Crippen molar-refractivity contribution < 1.29 is 14.6 Å². The molecular weight excluding hydrogens is 240 g/mol. The molecule has 1 aromatic carbocycles. The molecule has 0 aromatic heterocycles. The van der Waals surface area contributed by atoms with Gasteiger partial charge in [-0.2, -0.15) is 0 Å². The first-order valence-corrected chi connectivity index (χ1v) is 6.68. The van der Waals surface area contributed by atoms with Gasteiger partial charge in [-0.1, -0.05) is 18.2 Å². The van der Waals surface area contributed by atoms with Gasteiger partial charge in [-0.15, -0.1) is 0 Å². The molecule has 0 bridgehead atoms. The van der Waals surface area contributed by atoms with E-state index in [1.165, 1.54) is 7.11 Å². The van der Waals surface area contributed by atoms with E-state index in [1.807, 2.05) is 12.1 Å². The maximum Gasteiger partial charge on any atom is 0.160 e. The Hall–Kier alpha value is -1.77. The van der Waals surface area contributed by atoms with Crippen molar-refractivity contribution in [2.75, 3.05) is 7.11 Å². The lowest BCUT2D eigenvalue weighted by molar-refractivity contribution is -0.119. The SMILES string of the molecule is C=C(CCc1ccc(O)c(OC)c1)C1CCCC1=O. The third kappa shape index (κ3) is 3.16. The largest absolute Gasteiger partial charge is 0.504 e. The van der Waals surface area contributed by atoms with Gasteiger partial charge >= 0.3 is 0 Å². The molecule has 1 N–H and O–H groups in total. The predicted octanol–water partition coefficient (Wildman–Crippen LogP) is 3.26. The molecule has 0 heterocycles. The van der Waals surface area contributed by atoms with E-state index in [4.69, 9.17) is 4.74 Å². The van der Waals surface area contributed by atoms with Crippen LogP contribution in [0, 0.1) is 5.92 Å². The van der Waals surface area contributed by atoms with E-state index in [0.29, 0.717) is 18.0 Å². The van der Waals surface area contributed by atoms with Gasteiger partial charge in [0.05, 0.1) is 7.11 Å². The highest BCUT2D eigenvalue weighted by molar-refractivity contribution is 5.85. The first-order chi connectivity index (χ1) is 9.11. The number of Topliss-reactive ketones (excluding diaryl/α,β-unsaturated/α-hetero) is 1. The fraction of sp³-hybridized carbons (Fsp3) is 0.438. The van der Waals surface area contributed by atoms with E-state index < -0.39 is 0 Å². The van der Waals surface area contributed by atoms with Gasteiger partial charge in [-0.25, -0.2) is 0 Å². The summed E-state index contributed by atoms with van der Waals surface area (Å²) in [6.45, 7) is 4.06. The van der Waals surface area contributed by atoms with E-state index in [2.05, 4.69) is 6.58 Å². The van der Waals surface area contributed by atoms with E-state index in [9.17, 15) is 9.90 Å². The summed E-state index contributed by atoms with van der Waals surface area (Å²) in [6, 6.07) is 5.35. The number of carbonyl (C=O) groups is 1. The van der Waals surface area contributed by atoms with Crippen molar-refractivity contribution in [2.45, 2.75) is 32.1 Å². The molecule has 1 aliphatic rings. The van der Waals surface area contributed by atoms with E-state index in [-0.39, 0.29) is 11.7 Å². The van der Waals surface area contributed by atoms with Crippen LogP contribution in [0.25, 0.3) is 0 Å². The maximum absolute atomic E-state index is 11.7. The number of methoxy groups -OCH3 is 1. The number of carbonyl (C=O) groups excluding carboxylic acids is 1.